The summed E-state index contributed by atoms with van der Waals surface area (Å²) in [6, 6.07) is 5.21. The molecule has 0 spiro atoms. The number of benzene rings is 1. The van der Waals surface area contributed by atoms with Crippen LogP contribution in [0.3, 0.4) is 0 Å². The molecule has 1 aliphatic carbocycles. The molecule has 0 aromatic heterocycles. The highest BCUT2D eigenvalue weighted by atomic mass is 79.9. The second-order valence-electron chi connectivity index (χ2n) is 5.54. The van der Waals surface area contributed by atoms with Gasteiger partial charge in [-0.25, -0.2) is 0 Å². The summed E-state index contributed by atoms with van der Waals surface area (Å²) in [5.41, 5.74) is 0.635. The predicted octanol–water partition coefficient (Wildman–Crippen LogP) is 5.02. The summed E-state index contributed by atoms with van der Waals surface area (Å²) < 4.78 is 0.805. The summed E-state index contributed by atoms with van der Waals surface area (Å²) in [5.74, 6) is 0.509. The number of carbonyl (C=O) groups excluding carboxylic acids is 1. The lowest BCUT2D eigenvalue weighted by Crippen LogP contribution is -2.40. The maximum atomic E-state index is 12.2. The number of halogens is 3. The minimum Gasteiger partial charge on any atom is -0.351 e. The van der Waals surface area contributed by atoms with Gasteiger partial charge in [-0.05, 0) is 31.0 Å². The fraction of sp³-hybridized carbons (Fsp3) is 0.533. The van der Waals surface area contributed by atoms with Crippen molar-refractivity contribution in [1.82, 2.24) is 5.32 Å². The van der Waals surface area contributed by atoms with Gasteiger partial charge >= 0.3 is 0 Å². The number of carbonyl (C=O) groups is 1. The quantitative estimate of drug-likeness (QED) is 0.732. The topological polar surface area (TPSA) is 29.1 Å². The van der Waals surface area contributed by atoms with Gasteiger partial charge in [0.15, 0.2) is 0 Å². The van der Waals surface area contributed by atoms with Gasteiger partial charge in [0, 0.05) is 32.9 Å². The molecule has 1 saturated carbocycles. The van der Waals surface area contributed by atoms with E-state index in [2.05, 4.69) is 21.2 Å². The second-order valence-corrected chi connectivity index (χ2v) is 7.15. The molecular weight excluding hydrogens is 361 g/mol. The molecule has 110 valence electrons. The highest BCUT2D eigenvalue weighted by Crippen LogP contribution is 2.36. The molecule has 0 radical (unpaired) electrons. The van der Waals surface area contributed by atoms with E-state index in [9.17, 15) is 4.79 Å². The zero-order valence-electron chi connectivity index (χ0n) is 11.2. The number of hydrogen-bond donors (Lipinski definition) is 1. The summed E-state index contributed by atoms with van der Waals surface area (Å²) in [5, 5.41) is 3.56. The third kappa shape index (κ3) is 4.12. The predicted molar refractivity (Wildman–Crippen MR) is 87.7 cm³/mol. The maximum absolute atomic E-state index is 12.2. The van der Waals surface area contributed by atoms with Gasteiger partial charge in [0.25, 0.3) is 5.91 Å². The van der Waals surface area contributed by atoms with Crippen LogP contribution in [0, 0.1) is 5.41 Å². The molecule has 1 aliphatic rings. The average Bonchev–Trinajstić information content (AvgIpc) is 2.45. The first-order valence-electron chi connectivity index (χ1n) is 6.85. The molecule has 0 atom stereocenters. The summed E-state index contributed by atoms with van der Waals surface area (Å²) in [4.78, 5) is 12.2. The highest BCUT2D eigenvalue weighted by molar-refractivity contribution is 9.10. The lowest BCUT2D eigenvalue weighted by Gasteiger charge is -2.35. The van der Waals surface area contributed by atoms with E-state index < -0.39 is 0 Å². The Bertz CT molecular complexity index is 467. The van der Waals surface area contributed by atoms with Gasteiger partial charge < -0.3 is 5.32 Å². The van der Waals surface area contributed by atoms with Crippen molar-refractivity contribution in [2.24, 2.45) is 5.41 Å². The van der Waals surface area contributed by atoms with Gasteiger partial charge in [0.2, 0.25) is 0 Å². The van der Waals surface area contributed by atoms with Crippen LogP contribution in [-0.4, -0.2) is 18.3 Å². The van der Waals surface area contributed by atoms with Gasteiger partial charge in [-0.15, -0.1) is 11.6 Å². The lowest BCUT2D eigenvalue weighted by molar-refractivity contribution is 0.0921. The van der Waals surface area contributed by atoms with E-state index >= 15 is 0 Å². The Hall–Kier alpha value is -0.250. The first kappa shape index (κ1) is 16.1. The molecule has 5 heteroatoms. The van der Waals surface area contributed by atoms with Crippen molar-refractivity contribution in [3.63, 3.8) is 0 Å². The van der Waals surface area contributed by atoms with Crippen LogP contribution in [0.4, 0.5) is 0 Å². The Morgan fingerprint density at radius 1 is 1.25 bits per heavy atom. The van der Waals surface area contributed by atoms with Crippen LogP contribution >= 0.6 is 39.1 Å². The van der Waals surface area contributed by atoms with Gasteiger partial charge in [0.05, 0.1) is 0 Å². The van der Waals surface area contributed by atoms with Crippen LogP contribution in [0.2, 0.25) is 5.02 Å². The van der Waals surface area contributed by atoms with Crippen LogP contribution in [-0.2, 0) is 0 Å². The summed E-state index contributed by atoms with van der Waals surface area (Å²) >= 11 is 15.5. The summed E-state index contributed by atoms with van der Waals surface area (Å²) in [6.07, 6.45) is 5.86. The Labute approximate surface area is 138 Å². The number of nitrogens with one attached hydrogen (secondary N) is 1. The lowest BCUT2D eigenvalue weighted by atomic mass is 9.75. The molecule has 0 heterocycles. The van der Waals surface area contributed by atoms with Crippen molar-refractivity contribution in [2.45, 2.75) is 32.1 Å². The summed E-state index contributed by atoms with van der Waals surface area (Å²) in [6.45, 7) is 0.638. The van der Waals surface area contributed by atoms with Crippen molar-refractivity contribution in [3.05, 3.63) is 33.3 Å². The monoisotopic (exact) mass is 377 g/mol. The Morgan fingerprint density at radius 3 is 2.55 bits per heavy atom. The third-order valence-electron chi connectivity index (χ3n) is 3.95. The molecule has 1 N–H and O–H groups in total. The fourth-order valence-corrected chi connectivity index (χ4v) is 3.94. The molecular formula is C15H18BrCl2NO. The number of hydrogen-bond acceptors (Lipinski definition) is 1. The van der Waals surface area contributed by atoms with E-state index in [-0.39, 0.29) is 11.3 Å². The smallest absolute Gasteiger partial charge is 0.251 e. The summed E-state index contributed by atoms with van der Waals surface area (Å²) in [7, 11) is 0. The van der Waals surface area contributed by atoms with Crippen molar-refractivity contribution >= 4 is 45.0 Å². The molecule has 0 aliphatic heterocycles. The van der Waals surface area contributed by atoms with E-state index in [1.54, 1.807) is 18.2 Å². The van der Waals surface area contributed by atoms with Gasteiger partial charge in [-0.1, -0.05) is 46.8 Å². The van der Waals surface area contributed by atoms with Crippen molar-refractivity contribution in [1.29, 1.82) is 0 Å². The Balaban J connectivity index is 2.00. The third-order valence-corrected chi connectivity index (χ3v) is 5.19. The van der Waals surface area contributed by atoms with Gasteiger partial charge in [-0.2, -0.15) is 0 Å². The molecule has 20 heavy (non-hydrogen) atoms. The zero-order valence-corrected chi connectivity index (χ0v) is 14.3. The highest BCUT2D eigenvalue weighted by Gasteiger charge is 2.31. The average molecular weight is 379 g/mol. The van der Waals surface area contributed by atoms with Crippen molar-refractivity contribution in [3.8, 4) is 0 Å². The van der Waals surface area contributed by atoms with E-state index in [0.717, 1.165) is 17.3 Å². The Morgan fingerprint density at radius 2 is 1.95 bits per heavy atom. The molecule has 1 aromatic carbocycles. The van der Waals surface area contributed by atoms with E-state index in [1.165, 1.54) is 19.3 Å². The standard InChI is InChI=1S/C15H18BrCl2NO/c16-12-6-11(7-13(18)8-12)14(20)19-10-15(9-17)4-2-1-3-5-15/h6-8H,1-5,9-10H2,(H,19,20). The van der Waals surface area contributed by atoms with Crippen LogP contribution in [0.15, 0.2) is 22.7 Å². The van der Waals surface area contributed by atoms with Crippen LogP contribution in [0.1, 0.15) is 42.5 Å². The van der Waals surface area contributed by atoms with E-state index in [0.29, 0.717) is 23.0 Å². The zero-order chi connectivity index (χ0) is 14.6. The van der Waals surface area contributed by atoms with Gasteiger partial charge in [-0.3, -0.25) is 4.79 Å². The van der Waals surface area contributed by atoms with E-state index in [1.807, 2.05) is 0 Å². The minimum atomic E-state index is -0.0942. The number of amides is 1. The van der Waals surface area contributed by atoms with E-state index in [4.69, 9.17) is 23.2 Å². The molecule has 0 unspecified atom stereocenters. The maximum Gasteiger partial charge on any atom is 0.251 e. The number of rotatable bonds is 4. The second kappa shape index (κ2) is 7.15. The Kier molecular flexibility index (Phi) is 5.76. The fourth-order valence-electron chi connectivity index (χ4n) is 2.71. The molecule has 2 rings (SSSR count). The molecule has 2 nitrogen and oxygen atoms in total. The van der Waals surface area contributed by atoms with Crippen molar-refractivity contribution < 1.29 is 4.79 Å². The SMILES string of the molecule is O=C(NCC1(CCl)CCCCC1)c1cc(Cl)cc(Br)c1. The van der Waals surface area contributed by atoms with Crippen LogP contribution in [0.25, 0.3) is 0 Å². The number of alkyl halides is 1. The van der Waals surface area contributed by atoms with Gasteiger partial charge in [0.1, 0.15) is 0 Å². The molecule has 0 saturated heterocycles. The van der Waals surface area contributed by atoms with Crippen LogP contribution < -0.4 is 5.32 Å². The van der Waals surface area contributed by atoms with Crippen LogP contribution in [0.5, 0.6) is 0 Å². The normalized spacial score (nSPS) is 17.8. The molecule has 1 amide bonds. The molecule has 1 fully saturated rings. The minimum absolute atomic E-state index is 0.0608. The largest absolute Gasteiger partial charge is 0.351 e. The van der Waals surface area contributed by atoms with Crippen molar-refractivity contribution in [2.75, 3.05) is 12.4 Å². The molecule has 0 bridgehead atoms. The first-order chi connectivity index (χ1) is 9.54. The molecule has 1 aromatic rings. The first-order valence-corrected chi connectivity index (χ1v) is 8.55.